The molecule has 3 rings (SSSR count). The molecule has 1 aromatic heterocycles. The lowest BCUT2D eigenvalue weighted by Crippen LogP contribution is -2.47. The van der Waals surface area contributed by atoms with Gasteiger partial charge in [-0.25, -0.2) is 0 Å². The van der Waals surface area contributed by atoms with Crippen molar-refractivity contribution in [2.24, 2.45) is 5.92 Å². The van der Waals surface area contributed by atoms with Crippen LogP contribution < -0.4 is 21.8 Å². The first-order chi connectivity index (χ1) is 13.7. The smallest absolute Gasteiger partial charge is 0.375 e. The van der Waals surface area contributed by atoms with Crippen LogP contribution in [-0.4, -0.2) is 40.7 Å². The molecular weight excluding hydrogens is 390 g/mol. The van der Waals surface area contributed by atoms with Crippen LogP contribution in [0.1, 0.15) is 6.42 Å². The molecular formula is C19H25N5O4Si. The molecule has 0 aliphatic heterocycles. The van der Waals surface area contributed by atoms with Crippen LogP contribution in [0.4, 0.5) is 17.5 Å². The number of nitrogen functional groups attached to an aromatic ring is 1. The Morgan fingerprint density at radius 1 is 1.41 bits per heavy atom. The van der Waals surface area contributed by atoms with Crippen molar-refractivity contribution in [3.8, 4) is 0 Å². The molecule has 1 heterocycles. The van der Waals surface area contributed by atoms with Gasteiger partial charge in [0.25, 0.3) is 0 Å². The number of anilines is 2. The van der Waals surface area contributed by atoms with Crippen LogP contribution in [-0.2, 0) is 0 Å². The van der Waals surface area contributed by atoms with Crippen LogP contribution >= 0.6 is 0 Å². The molecule has 1 aliphatic rings. The number of nitrogens with two attached hydrogens (primary N) is 1. The van der Waals surface area contributed by atoms with Crippen LogP contribution in [0.3, 0.4) is 0 Å². The van der Waals surface area contributed by atoms with Gasteiger partial charge in [-0.15, -0.1) is 0 Å². The van der Waals surface area contributed by atoms with Crippen LogP contribution in [0.25, 0.3) is 0 Å². The highest BCUT2D eigenvalue weighted by Gasteiger charge is 2.47. The summed E-state index contributed by atoms with van der Waals surface area (Å²) in [4.78, 5) is 28.6. The van der Waals surface area contributed by atoms with E-state index in [1.54, 1.807) is 0 Å². The van der Waals surface area contributed by atoms with Crippen molar-refractivity contribution in [2.75, 3.05) is 17.7 Å². The monoisotopic (exact) mass is 415 g/mol. The van der Waals surface area contributed by atoms with Gasteiger partial charge >= 0.3 is 11.2 Å². The Balaban J connectivity index is 1.95. The van der Waals surface area contributed by atoms with E-state index in [0.717, 1.165) is 5.57 Å². The molecule has 0 radical (unpaired) electrons. The third-order valence-electron chi connectivity index (χ3n) is 5.95. The van der Waals surface area contributed by atoms with Gasteiger partial charge in [0.05, 0.1) is 13.0 Å². The number of aliphatic hydroxyl groups excluding tert-OH is 1. The quantitative estimate of drug-likeness (QED) is 0.242. The summed E-state index contributed by atoms with van der Waals surface area (Å²) in [5.41, 5.74) is 4.90. The standard InChI is InChI=1S/C19H25N5O4Si/c1-11-13(10-25)15(29(2,3)12-7-5-4-6-8-12)9-14(11)21-17-16(24(27)28)18(26)23-19(20)22-17/h4-8,13-15,25H,1,9-10H2,2-3H3,(H4,20,21,22,23,26)/t13-,14-,15-/m1/s1. The summed E-state index contributed by atoms with van der Waals surface area (Å²) >= 11 is 0. The fraction of sp³-hybridized carbons (Fsp3) is 0.368. The molecule has 2 aromatic rings. The molecule has 9 nitrogen and oxygen atoms in total. The predicted octanol–water partition coefficient (Wildman–Crippen LogP) is 1.59. The van der Waals surface area contributed by atoms with Gasteiger partial charge in [0.1, 0.15) is 0 Å². The lowest BCUT2D eigenvalue weighted by molar-refractivity contribution is -0.385. The summed E-state index contributed by atoms with van der Waals surface area (Å²) in [6.45, 7) is 8.58. The molecule has 1 aliphatic carbocycles. The Bertz CT molecular complexity index is 992. The van der Waals surface area contributed by atoms with Crippen molar-refractivity contribution in [1.29, 1.82) is 0 Å². The van der Waals surface area contributed by atoms with Crippen molar-refractivity contribution in [1.82, 2.24) is 9.97 Å². The highest BCUT2D eigenvalue weighted by Crippen LogP contribution is 2.47. The minimum absolute atomic E-state index is 0.0576. The zero-order valence-electron chi connectivity index (χ0n) is 16.4. The second-order valence-corrected chi connectivity index (χ2v) is 12.7. The maximum absolute atomic E-state index is 12.0. The first kappa shape index (κ1) is 20.7. The third-order valence-corrected chi connectivity index (χ3v) is 10.3. The summed E-state index contributed by atoms with van der Waals surface area (Å²) < 4.78 is 0. The molecule has 1 saturated carbocycles. The van der Waals surface area contributed by atoms with E-state index in [1.807, 2.05) is 18.2 Å². The number of hydrogen-bond acceptors (Lipinski definition) is 7. The van der Waals surface area contributed by atoms with E-state index >= 15 is 0 Å². The van der Waals surface area contributed by atoms with E-state index in [-0.39, 0.29) is 35.9 Å². The molecule has 5 N–H and O–H groups in total. The minimum atomic E-state index is -2.00. The SMILES string of the molecule is C=C1[C@@H](CO)[C@H]([Si](C)(C)c2ccccc2)C[C@H]1Nc1nc(N)[nH]c(=O)c1[N+](=O)[O-]. The minimum Gasteiger partial charge on any atom is -0.396 e. The number of aromatic nitrogens is 2. The highest BCUT2D eigenvalue weighted by molar-refractivity contribution is 6.91. The molecule has 0 spiro atoms. The first-order valence-electron chi connectivity index (χ1n) is 9.32. The van der Waals surface area contributed by atoms with E-state index < -0.39 is 24.2 Å². The lowest BCUT2D eigenvalue weighted by atomic mass is 10.0. The Morgan fingerprint density at radius 3 is 2.66 bits per heavy atom. The maximum Gasteiger partial charge on any atom is 0.375 e. The van der Waals surface area contributed by atoms with Gasteiger partial charge in [-0.1, -0.05) is 55.2 Å². The van der Waals surface area contributed by atoms with Crippen LogP contribution in [0.2, 0.25) is 18.6 Å². The largest absolute Gasteiger partial charge is 0.396 e. The van der Waals surface area contributed by atoms with Crippen molar-refractivity contribution in [3.63, 3.8) is 0 Å². The number of H-pyrrole nitrogens is 1. The van der Waals surface area contributed by atoms with E-state index in [9.17, 15) is 20.0 Å². The van der Waals surface area contributed by atoms with E-state index in [4.69, 9.17) is 5.73 Å². The summed E-state index contributed by atoms with van der Waals surface area (Å²) in [7, 11) is -2.00. The van der Waals surface area contributed by atoms with Crippen molar-refractivity contribution in [3.05, 3.63) is 63.0 Å². The topological polar surface area (TPSA) is 147 Å². The van der Waals surface area contributed by atoms with Crippen molar-refractivity contribution < 1.29 is 10.0 Å². The molecule has 0 unspecified atom stereocenters. The van der Waals surface area contributed by atoms with Gasteiger partial charge < -0.3 is 16.2 Å². The zero-order chi connectivity index (χ0) is 21.3. The number of rotatable bonds is 6. The van der Waals surface area contributed by atoms with Gasteiger partial charge in [0.15, 0.2) is 0 Å². The number of hydrogen-bond donors (Lipinski definition) is 4. The summed E-state index contributed by atoms with van der Waals surface area (Å²) in [6, 6.07) is 9.83. The molecule has 0 saturated heterocycles. The highest BCUT2D eigenvalue weighted by atomic mass is 28.3. The Morgan fingerprint density at radius 2 is 2.07 bits per heavy atom. The van der Waals surface area contributed by atoms with E-state index in [1.165, 1.54) is 5.19 Å². The second kappa shape index (κ2) is 7.80. The zero-order valence-corrected chi connectivity index (χ0v) is 17.4. The Hall–Kier alpha value is -2.98. The fourth-order valence-corrected chi connectivity index (χ4v) is 7.91. The molecule has 3 atom stereocenters. The normalized spacial score (nSPS) is 21.9. The number of nitro groups is 1. The summed E-state index contributed by atoms with van der Waals surface area (Å²) in [5.74, 6) is -0.535. The average Bonchev–Trinajstić information content (AvgIpc) is 2.98. The number of nitrogens with one attached hydrogen (secondary N) is 2. The first-order valence-corrected chi connectivity index (χ1v) is 12.4. The van der Waals surface area contributed by atoms with Gasteiger partial charge in [-0.05, 0) is 17.5 Å². The van der Waals surface area contributed by atoms with Crippen LogP contribution in [0, 0.1) is 16.0 Å². The number of aliphatic hydroxyl groups is 1. The van der Waals surface area contributed by atoms with Crippen LogP contribution in [0.5, 0.6) is 0 Å². The Labute approximate surface area is 168 Å². The van der Waals surface area contributed by atoms with Crippen LogP contribution in [0.15, 0.2) is 47.3 Å². The molecule has 1 fully saturated rings. The van der Waals surface area contributed by atoms with Gasteiger partial charge in [0, 0.05) is 18.6 Å². The second-order valence-electron chi connectivity index (χ2n) is 7.90. The fourth-order valence-electron chi connectivity index (χ4n) is 4.28. The molecule has 10 heteroatoms. The lowest BCUT2D eigenvalue weighted by Gasteiger charge is -2.33. The Kier molecular flexibility index (Phi) is 5.58. The molecule has 0 bridgehead atoms. The third kappa shape index (κ3) is 3.81. The molecule has 0 amide bonds. The van der Waals surface area contributed by atoms with Gasteiger partial charge in [-0.2, -0.15) is 4.98 Å². The molecule has 29 heavy (non-hydrogen) atoms. The van der Waals surface area contributed by atoms with E-state index in [2.05, 4.69) is 47.1 Å². The maximum atomic E-state index is 12.0. The summed E-state index contributed by atoms with van der Waals surface area (Å²) in [6.07, 6.45) is 0.629. The average molecular weight is 416 g/mol. The number of nitrogens with zero attached hydrogens (tertiary/aromatic N) is 2. The van der Waals surface area contributed by atoms with Crippen molar-refractivity contribution in [2.45, 2.75) is 31.1 Å². The number of aromatic amines is 1. The van der Waals surface area contributed by atoms with Crippen molar-refractivity contribution >= 4 is 30.7 Å². The number of benzene rings is 1. The summed E-state index contributed by atoms with van der Waals surface area (Å²) in [5, 5.41) is 25.7. The predicted molar refractivity (Wildman–Crippen MR) is 115 cm³/mol. The van der Waals surface area contributed by atoms with Gasteiger partial charge in [-0.3, -0.25) is 19.9 Å². The molecule has 1 aromatic carbocycles. The molecule has 154 valence electrons. The van der Waals surface area contributed by atoms with E-state index in [0.29, 0.717) is 6.42 Å². The van der Waals surface area contributed by atoms with Gasteiger partial charge in [0.2, 0.25) is 11.8 Å².